The third-order valence-electron chi connectivity index (χ3n) is 3.86. The molecule has 2 atom stereocenters. The van der Waals surface area contributed by atoms with Crippen LogP contribution in [-0.4, -0.2) is 25.8 Å². The Morgan fingerprint density at radius 2 is 1.78 bits per heavy atom. The van der Waals surface area contributed by atoms with E-state index in [4.69, 9.17) is 0 Å². The van der Waals surface area contributed by atoms with Crippen molar-refractivity contribution in [1.29, 1.82) is 0 Å². The second kappa shape index (κ2) is 6.39. The number of fused-ring (bicyclic) bond motifs is 1. The van der Waals surface area contributed by atoms with E-state index >= 15 is 0 Å². The van der Waals surface area contributed by atoms with Gasteiger partial charge in [-0.2, -0.15) is 0 Å². The Hall–Kier alpha value is -2.38. The van der Waals surface area contributed by atoms with Gasteiger partial charge in [0.1, 0.15) is 17.3 Å². The van der Waals surface area contributed by atoms with Crippen LogP contribution in [0.2, 0.25) is 0 Å². The molecule has 3 rings (SSSR count). The number of carbonyl (C=O) groups excluding carboxylic acids is 1. The summed E-state index contributed by atoms with van der Waals surface area (Å²) in [6.45, 7) is 0.406. The number of nitro benzene ring substituents is 1. The molecule has 0 spiro atoms. The van der Waals surface area contributed by atoms with Crippen LogP contribution >= 0.6 is 0 Å². The van der Waals surface area contributed by atoms with Gasteiger partial charge < -0.3 is 4.79 Å². The maximum Gasteiger partial charge on any atom is 0.269 e. The first-order chi connectivity index (χ1) is 11.1. The van der Waals surface area contributed by atoms with E-state index in [0.717, 1.165) is 17.4 Å². The second-order valence-electron chi connectivity index (χ2n) is 5.25. The monoisotopic (exact) mass is 330 g/mol. The number of rotatable bonds is 4. The molecule has 0 aromatic heterocycles. The molecule has 1 aliphatic rings. The fourth-order valence-corrected chi connectivity index (χ4v) is 3.91. The highest BCUT2D eigenvalue weighted by molar-refractivity contribution is 7.82. The van der Waals surface area contributed by atoms with Crippen molar-refractivity contribution in [2.24, 2.45) is 0 Å². The van der Waals surface area contributed by atoms with E-state index in [1.807, 2.05) is 24.3 Å². The van der Waals surface area contributed by atoms with Gasteiger partial charge in [0.25, 0.3) is 5.69 Å². The molecule has 0 saturated carbocycles. The van der Waals surface area contributed by atoms with E-state index in [1.165, 1.54) is 24.3 Å². The van der Waals surface area contributed by atoms with Gasteiger partial charge >= 0.3 is 0 Å². The van der Waals surface area contributed by atoms with E-state index < -0.39 is 22.0 Å². The maximum absolute atomic E-state index is 12.8. The zero-order valence-corrected chi connectivity index (χ0v) is 12.9. The summed E-state index contributed by atoms with van der Waals surface area (Å²) in [5.41, 5.74) is 2.07. The van der Waals surface area contributed by atoms with Crippen LogP contribution in [0.25, 0.3) is 0 Å². The molecule has 0 fully saturated rings. The molecule has 1 heterocycles. The van der Waals surface area contributed by atoms with Crippen molar-refractivity contribution in [1.82, 2.24) is 4.31 Å². The molecule has 2 unspecified atom stereocenters. The number of carbonyl (C=O) groups is 1. The second-order valence-corrected chi connectivity index (χ2v) is 6.69. The minimum absolute atomic E-state index is 0.0540. The van der Waals surface area contributed by atoms with E-state index in [1.54, 1.807) is 4.31 Å². The van der Waals surface area contributed by atoms with E-state index in [2.05, 4.69) is 0 Å². The summed E-state index contributed by atoms with van der Waals surface area (Å²) in [4.78, 5) is 22.0. The van der Waals surface area contributed by atoms with E-state index in [0.29, 0.717) is 17.9 Å². The summed E-state index contributed by atoms with van der Waals surface area (Å²) in [6, 6.07) is 12.9. The average Bonchev–Trinajstić information content (AvgIpc) is 2.60. The van der Waals surface area contributed by atoms with Crippen molar-refractivity contribution in [2.75, 3.05) is 0 Å². The standard InChI is InChI=1S/C16H14N2O4S/c19-11-15-9-12-3-1-2-4-13(12)10-17(15)23(22)16-7-5-14(6-8-16)18(20)21/h1-8,11,15H,9-10H2. The minimum atomic E-state index is -1.55. The molecule has 118 valence electrons. The Kier molecular flexibility index (Phi) is 4.31. The topological polar surface area (TPSA) is 80.5 Å². The summed E-state index contributed by atoms with van der Waals surface area (Å²) in [6.07, 6.45) is 1.32. The average molecular weight is 330 g/mol. The normalized spacial score (nSPS) is 18.9. The molecule has 0 radical (unpaired) electrons. The van der Waals surface area contributed by atoms with Crippen molar-refractivity contribution in [3.63, 3.8) is 0 Å². The summed E-state index contributed by atoms with van der Waals surface area (Å²) < 4.78 is 14.4. The fourth-order valence-electron chi connectivity index (χ4n) is 2.64. The number of hydrogen-bond acceptors (Lipinski definition) is 4. The van der Waals surface area contributed by atoms with Gasteiger partial charge in [-0.25, -0.2) is 8.51 Å². The third kappa shape index (κ3) is 3.06. The van der Waals surface area contributed by atoms with Crippen LogP contribution in [0.4, 0.5) is 5.69 Å². The van der Waals surface area contributed by atoms with Crippen molar-refractivity contribution < 1.29 is 13.9 Å². The molecule has 2 aromatic carbocycles. The molecule has 6 nitrogen and oxygen atoms in total. The number of nitro groups is 1. The molecule has 7 heteroatoms. The van der Waals surface area contributed by atoms with Crippen LogP contribution in [0, 0.1) is 10.1 Å². The Morgan fingerprint density at radius 3 is 2.39 bits per heavy atom. The largest absolute Gasteiger partial charge is 0.302 e. The van der Waals surface area contributed by atoms with Crippen molar-refractivity contribution in [3.8, 4) is 0 Å². The lowest BCUT2D eigenvalue weighted by Crippen LogP contribution is -2.42. The zero-order chi connectivity index (χ0) is 16.4. The Balaban J connectivity index is 1.89. The summed E-state index contributed by atoms with van der Waals surface area (Å²) in [5.74, 6) is 0. The molecule has 0 saturated heterocycles. The minimum Gasteiger partial charge on any atom is -0.302 e. The predicted molar refractivity (Wildman–Crippen MR) is 85.0 cm³/mol. The number of non-ortho nitro benzene ring substituents is 1. The van der Waals surface area contributed by atoms with Crippen LogP contribution in [0.3, 0.4) is 0 Å². The molecule has 0 aliphatic carbocycles. The Labute approximate surface area is 135 Å². The van der Waals surface area contributed by atoms with Gasteiger partial charge in [0, 0.05) is 18.7 Å². The quantitative estimate of drug-likeness (QED) is 0.489. The van der Waals surface area contributed by atoms with Crippen LogP contribution in [0.5, 0.6) is 0 Å². The smallest absolute Gasteiger partial charge is 0.269 e. The highest BCUT2D eigenvalue weighted by Gasteiger charge is 2.30. The molecule has 0 bridgehead atoms. The van der Waals surface area contributed by atoms with Gasteiger partial charge in [0.15, 0.2) is 0 Å². The molecule has 23 heavy (non-hydrogen) atoms. The Bertz CT molecular complexity index is 776. The van der Waals surface area contributed by atoms with Crippen LogP contribution in [0.1, 0.15) is 11.1 Å². The van der Waals surface area contributed by atoms with Gasteiger partial charge in [-0.15, -0.1) is 0 Å². The lowest BCUT2D eigenvalue weighted by Gasteiger charge is -2.32. The third-order valence-corrected chi connectivity index (χ3v) is 5.36. The lowest BCUT2D eigenvalue weighted by molar-refractivity contribution is -0.384. The highest BCUT2D eigenvalue weighted by atomic mass is 32.2. The molecular formula is C16H14N2O4S. The maximum atomic E-state index is 12.8. The molecule has 0 amide bonds. The molecule has 1 aliphatic heterocycles. The highest BCUT2D eigenvalue weighted by Crippen LogP contribution is 2.26. The van der Waals surface area contributed by atoms with Gasteiger partial charge in [-0.1, -0.05) is 24.3 Å². The van der Waals surface area contributed by atoms with Gasteiger partial charge in [0.05, 0.1) is 15.9 Å². The fraction of sp³-hybridized carbons (Fsp3) is 0.188. The van der Waals surface area contributed by atoms with E-state index in [-0.39, 0.29) is 5.69 Å². The van der Waals surface area contributed by atoms with Crippen molar-refractivity contribution in [3.05, 3.63) is 69.8 Å². The van der Waals surface area contributed by atoms with Crippen LogP contribution in [-0.2, 0) is 28.7 Å². The van der Waals surface area contributed by atoms with Gasteiger partial charge in [-0.05, 0) is 29.7 Å². The summed E-state index contributed by atoms with van der Waals surface area (Å²) in [7, 11) is -1.55. The molecule has 0 N–H and O–H groups in total. The number of aldehydes is 1. The first-order valence-electron chi connectivity index (χ1n) is 7.05. The molecule has 2 aromatic rings. The van der Waals surface area contributed by atoms with Crippen molar-refractivity contribution >= 4 is 23.0 Å². The zero-order valence-electron chi connectivity index (χ0n) is 12.1. The predicted octanol–water partition coefficient (Wildman–Crippen LogP) is 2.24. The lowest BCUT2D eigenvalue weighted by atomic mass is 9.97. The SMILES string of the molecule is O=CC1Cc2ccccc2CN1S(=O)c1ccc([N+](=O)[O-])cc1. The summed E-state index contributed by atoms with van der Waals surface area (Å²) >= 11 is 0. The van der Waals surface area contributed by atoms with Gasteiger partial charge in [0.2, 0.25) is 0 Å². The first kappa shape index (κ1) is 15.5. The Morgan fingerprint density at radius 1 is 1.13 bits per heavy atom. The van der Waals surface area contributed by atoms with Crippen molar-refractivity contribution in [2.45, 2.75) is 23.9 Å². The number of hydrogen-bond donors (Lipinski definition) is 0. The van der Waals surface area contributed by atoms with Crippen LogP contribution in [0.15, 0.2) is 53.4 Å². The van der Waals surface area contributed by atoms with Crippen LogP contribution < -0.4 is 0 Å². The number of benzene rings is 2. The van der Waals surface area contributed by atoms with E-state index in [9.17, 15) is 19.1 Å². The number of nitrogens with zero attached hydrogens (tertiary/aromatic N) is 2. The van der Waals surface area contributed by atoms with Gasteiger partial charge in [-0.3, -0.25) is 10.1 Å². The molecular weight excluding hydrogens is 316 g/mol. The first-order valence-corrected chi connectivity index (χ1v) is 8.16. The summed E-state index contributed by atoms with van der Waals surface area (Å²) in [5, 5.41) is 10.7.